The Morgan fingerprint density at radius 2 is 2.31 bits per heavy atom. The van der Waals surface area contributed by atoms with Crippen LogP contribution in [-0.4, -0.2) is 28.2 Å². The van der Waals surface area contributed by atoms with Crippen molar-refractivity contribution in [2.45, 2.75) is 39.0 Å². The standard InChI is InChI=1S/C10H15NO2/c1-4-7(2)8(3)11-9(12)5-6-10(11)13/h1,7-9,12H,5-6H2,2-3H3. The maximum atomic E-state index is 11.3. The molecule has 0 aromatic rings. The van der Waals surface area contributed by atoms with Crippen LogP contribution in [-0.2, 0) is 4.79 Å². The number of hydrogen-bond acceptors (Lipinski definition) is 2. The molecule has 1 aliphatic rings. The van der Waals surface area contributed by atoms with Crippen LogP contribution >= 0.6 is 0 Å². The van der Waals surface area contributed by atoms with Crippen LogP contribution in [0.5, 0.6) is 0 Å². The van der Waals surface area contributed by atoms with Crippen LogP contribution in [0, 0.1) is 18.3 Å². The molecule has 3 unspecified atom stereocenters. The molecular weight excluding hydrogens is 166 g/mol. The fourth-order valence-electron chi connectivity index (χ4n) is 1.57. The van der Waals surface area contributed by atoms with E-state index >= 15 is 0 Å². The molecule has 3 heteroatoms. The maximum Gasteiger partial charge on any atom is 0.225 e. The number of aliphatic hydroxyl groups is 1. The molecule has 0 radical (unpaired) electrons. The highest BCUT2D eigenvalue weighted by molar-refractivity contribution is 5.78. The van der Waals surface area contributed by atoms with Gasteiger partial charge in [-0.15, -0.1) is 12.3 Å². The molecule has 1 heterocycles. The fraction of sp³-hybridized carbons (Fsp3) is 0.700. The van der Waals surface area contributed by atoms with Crippen molar-refractivity contribution in [1.29, 1.82) is 0 Å². The molecular formula is C10H15NO2. The molecule has 1 rings (SSSR count). The van der Waals surface area contributed by atoms with E-state index < -0.39 is 6.23 Å². The number of hydrogen-bond donors (Lipinski definition) is 1. The molecule has 3 nitrogen and oxygen atoms in total. The normalized spacial score (nSPS) is 27.1. The second kappa shape index (κ2) is 3.80. The Balaban J connectivity index is 2.70. The van der Waals surface area contributed by atoms with Crippen molar-refractivity contribution in [1.82, 2.24) is 4.90 Å². The molecule has 13 heavy (non-hydrogen) atoms. The van der Waals surface area contributed by atoms with E-state index in [0.29, 0.717) is 12.8 Å². The number of carbonyl (C=O) groups is 1. The van der Waals surface area contributed by atoms with Gasteiger partial charge in [0, 0.05) is 24.8 Å². The molecule has 1 fully saturated rings. The monoisotopic (exact) mass is 181 g/mol. The van der Waals surface area contributed by atoms with Gasteiger partial charge in [0.25, 0.3) is 0 Å². The average Bonchev–Trinajstić information content (AvgIpc) is 2.44. The third-order valence-corrected chi connectivity index (χ3v) is 2.65. The molecule has 3 atom stereocenters. The molecule has 0 saturated carbocycles. The van der Waals surface area contributed by atoms with Crippen molar-refractivity contribution >= 4 is 5.91 Å². The molecule has 0 spiro atoms. The van der Waals surface area contributed by atoms with E-state index in [-0.39, 0.29) is 17.9 Å². The van der Waals surface area contributed by atoms with Crippen molar-refractivity contribution in [3.8, 4) is 12.3 Å². The van der Waals surface area contributed by atoms with Crippen LogP contribution in [0.25, 0.3) is 0 Å². The number of carbonyl (C=O) groups excluding carboxylic acids is 1. The highest BCUT2D eigenvalue weighted by Crippen LogP contribution is 2.22. The van der Waals surface area contributed by atoms with E-state index in [2.05, 4.69) is 5.92 Å². The van der Waals surface area contributed by atoms with Crippen molar-refractivity contribution in [3.05, 3.63) is 0 Å². The number of likely N-dealkylation sites (tertiary alicyclic amines) is 1. The second-order valence-corrected chi connectivity index (χ2v) is 3.52. The third kappa shape index (κ3) is 1.84. The summed E-state index contributed by atoms with van der Waals surface area (Å²) < 4.78 is 0. The summed E-state index contributed by atoms with van der Waals surface area (Å²) in [6, 6.07) is -0.0741. The number of aliphatic hydroxyl groups excluding tert-OH is 1. The zero-order valence-electron chi connectivity index (χ0n) is 8.03. The van der Waals surface area contributed by atoms with Gasteiger partial charge < -0.3 is 10.0 Å². The van der Waals surface area contributed by atoms with Crippen LogP contribution in [0.3, 0.4) is 0 Å². The molecule has 72 valence electrons. The quantitative estimate of drug-likeness (QED) is 0.633. The van der Waals surface area contributed by atoms with Gasteiger partial charge in [-0.2, -0.15) is 0 Å². The Labute approximate surface area is 78.7 Å². The van der Waals surface area contributed by atoms with Gasteiger partial charge in [-0.3, -0.25) is 4.79 Å². The lowest BCUT2D eigenvalue weighted by Crippen LogP contribution is -2.43. The van der Waals surface area contributed by atoms with Crippen LogP contribution < -0.4 is 0 Å². The van der Waals surface area contributed by atoms with Gasteiger partial charge in [-0.1, -0.05) is 0 Å². The van der Waals surface area contributed by atoms with Crippen LogP contribution in [0.4, 0.5) is 0 Å². The summed E-state index contributed by atoms with van der Waals surface area (Å²) in [6.07, 6.45) is 5.58. The minimum absolute atomic E-state index is 0.00194. The van der Waals surface area contributed by atoms with Crippen molar-refractivity contribution < 1.29 is 9.90 Å². The first-order valence-corrected chi connectivity index (χ1v) is 4.53. The van der Waals surface area contributed by atoms with Crippen LogP contribution in [0.2, 0.25) is 0 Å². The SMILES string of the molecule is C#CC(C)C(C)N1C(=O)CCC1O. The maximum absolute atomic E-state index is 11.3. The summed E-state index contributed by atoms with van der Waals surface area (Å²) in [7, 11) is 0. The van der Waals surface area contributed by atoms with Gasteiger partial charge in [0.05, 0.1) is 0 Å². The second-order valence-electron chi connectivity index (χ2n) is 3.52. The summed E-state index contributed by atoms with van der Waals surface area (Å²) in [5.74, 6) is 2.56. The fourth-order valence-corrected chi connectivity index (χ4v) is 1.57. The summed E-state index contributed by atoms with van der Waals surface area (Å²) in [4.78, 5) is 12.8. The number of amides is 1. The lowest BCUT2D eigenvalue weighted by molar-refractivity contribution is -0.136. The molecule has 0 aliphatic carbocycles. The van der Waals surface area contributed by atoms with E-state index in [0.717, 1.165) is 0 Å². The highest BCUT2D eigenvalue weighted by Gasteiger charge is 2.34. The minimum Gasteiger partial charge on any atom is -0.373 e. The van der Waals surface area contributed by atoms with Crippen molar-refractivity contribution in [2.75, 3.05) is 0 Å². The van der Waals surface area contributed by atoms with E-state index in [1.54, 1.807) is 0 Å². The first kappa shape index (κ1) is 10.1. The van der Waals surface area contributed by atoms with Crippen LogP contribution in [0.1, 0.15) is 26.7 Å². The Morgan fingerprint density at radius 3 is 2.69 bits per heavy atom. The largest absolute Gasteiger partial charge is 0.373 e. The number of terminal acetylenes is 1. The van der Waals surface area contributed by atoms with E-state index in [1.807, 2.05) is 13.8 Å². The Morgan fingerprint density at radius 1 is 1.69 bits per heavy atom. The minimum atomic E-state index is -0.640. The van der Waals surface area contributed by atoms with Gasteiger partial charge in [0.15, 0.2) is 0 Å². The third-order valence-electron chi connectivity index (χ3n) is 2.65. The van der Waals surface area contributed by atoms with E-state index in [9.17, 15) is 9.90 Å². The van der Waals surface area contributed by atoms with Gasteiger partial charge in [0.2, 0.25) is 5.91 Å². The Bertz CT molecular complexity index is 244. The van der Waals surface area contributed by atoms with E-state index in [1.165, 1.54) is 4.90 Å². The predicted octanol–water partition coefficient (Wildman–Crippen LogP) is 0.585. The lowest BCUT2D eigenvalue weighted by atomic mass is 10.0. The average molecular weight is 181 g/mol. The first-order chi connectivity index (χ1) is 6.07. The molecule has 1 amide bonds. The molecule has 1 aliphatic heterocycles. The zero-order chi connectivity index (χ0) is 10.0. The topological polar surface area (TPSA) is 40.5 Å². The zero-order valence-corrected chi connectivity index (χ0v) is 8.03. The summed E-state index contributed by atoms with van der Waals surface area (Å²) in [5, 5.41) is 9.51. The van der Waals surface area contributed by atoms with Crippen molar-refractivity contribution in [3.63, 3.8) is 0 Å². The molecule has 0 aromatic carbocycles. The summed E-state index contributed by atoms with van der Waals surface area (Å²) in [6.45, 7) is 3.75. The number of nitrogens with zero attached hydrogens (tertiary/aromatic N) is 1. The lowest BCUT2D eigenvalue weighted by Gasteiger charge is -2.29. The van der Waals surface area contributed by atoms with Gasteiger partial charge in [-0.05, 0) is 13.8 Å². The Kier molecular flexibility index (Phi) is 2.94. The highest BCUT2D eigenvalue weighted by atomic mass is 16.3. The predicted molar refractivity (Wildman–Crippen MR) is 49.5 cm³/mol. The van der Waals surface area contributed by atoms with Crippen LogP contribution in [0.15, 0.2) is 0 Å². The first-order valence-electron chi connectivity index (χ1n) is 4.53. The van der Waals surface area contributed by atoms with Gasteiger partial charge >= 0.3 is 0 Å². The summed E-state index contributed by atoms with van der Waals surface area (Å²) in [5.41, 5.74) is 0. The molecule has 1 N–H and O–H groups in total. The summed E-state index contributed by atoms with van der Waals surface area (Å²) >= 11 is 0. The van der Waals surface area contributed by atoms with Gasteiger partial charge in [-0.25, -0.2) is 0 Å². The molecule has 1 saturated heterocycles. The number of rotatable bonds is 2. The smallest absolute Gasteiger partial charge is 0.225 e. The van der Waals surface area contributed by atoms with E-state index in [4.69, 9.17) is 6.42 Å². The molecule has 0 bridgehead atoms. The molecule has 0 aromatic heterocycles. The Hall–Kier alpha value is -1.01. The van der Waals surface area contributed by atoms with Gasteiger partial charge in [0.1, 0.15) is 6.23 Å². The van der Waals surface area contributed by atoms with Crippen molar-refractivity contribution in [2.24, 2.45) is 5.92 Å².